The number of likely N-dealkylation sites (N-methyl/N-ethyl adjacent to an activating group) is 1. The molecule has 0 aromatic carbocycles. The predicted molar refractivity (Wildman–Crippen MR) is 87.3 cm³/mol. The molecule has 1 N–H and O–H groups in total. The number of amides is 1. The molecule has 122 valence electrons. The van der Waals surface area contributed by atoms with Gasteiger partial charge in [-0.05, 0) is 39.3 Å². The summed E-state index contributed by atoms with van der Waals surface area (Å²) in [6, 6.07) is 1.11. The molecule has 0 aromatic heterocycles. The Hall–Kier alpha value is -0.610. The fraction of sp³-hybridized carbons (Fsp3) is 0.941. The highest BCUT2D eigenvalue weighted by atomic mass is 16.1. The molecule has 0 radical (unpaired) electrons. The summed E-state index contributed by atoms with van der Waals surface area (Å²) >= 11 is 0. The normalized spacial score (nSPS) is 27.6. The van der Waals surface area contributed by atoms with E-state index < -0.39 is 0 Å². The van der Waals surface area contributed by atoms with E-state index in [0.717, 1.165) is 25.6 Å². The van der Waals surface area contributed by atoms with Crippen molar-refractivity contribution < 1.29 is 4.79 Å². The van der Waals surface area contributed by atoms with Crippen molar-refractivity contribution in [3.05, 3.63) is 0 Å². The number of nitrogens with zero attached hydrogens (tertiary/aromatic N) is 2. The molecule has 2 rings (SSSR count). The zero-order valence-corrected chi connectivity index (χ0v) is 14.1. The lowest BCUT2D eigenvalue weighted by atomic mass is 9.98. The maximum absolute atomic E-state index is 12.0. The molecule has 4 nitrogen and oxygen atoms in total. The molecule has 4 heteroatoms. The number of rotatable bonds is 7. The van der Waals surface area contributed by atoms with Crippen molar-refractivity contribution in [1.29, 1.82) is 0 Å². The molecule has 2 atom stereocenters. The Morgan fingerprint density at radius 3 is 2.57 bits per heavy atom. The van der Waals surface area contributed by atoms with E-state index >= 15 is 0 Å². The van der Waals surface area contributed by atoms with Gasteiger partial charge in [0.25, 0.3) is 0 Å². The second-order valence-corrected chi connectivity index (χ2v) is 7.14. The number of carbonyl (C=O) groups is 1. The van der Waals surface area contributed by atoms with Crippen LogP contribution in [0.5, 0.6) is 0 Å². The highest BCUT2D eigenvalue weighted by Gasteiger charge is 2.33. The first-order valence-corrected chi connectivity index (χ1v) is 8.78. The summed E-state index contributed by atoms with van der Waals surface area (Å²) in [5.74, 6) is 1.02. The van der Waals surface area contributed by atoms with E-state index in [1.54, 1.807) is 0 Å². The summed E-state index contributed by atoms with van der Waals surface area (Å²) in [4.78, 5) is 16.9. The molecule has 2 fully saturated rings. The minimum absolute atomic E-state index is 0.252. The van der Waals surface area contributed by atoms with Gasteiger partial charge in [0.1, 0.15) is 0 Å². The van der Waals surface area contributed by atoms with Gasteiger partial charge in [-0.3, -0.25) is 4.79 Å². The fourth-order valence-corrected chi connectivity index (χ4v) is 3.99. The first-order valence-electron chi connectivity index (χ1n) is 8.78. The van der Waals surface area contributed by atoms with Crippen LogP contribution in [-0.4, -0.2) is 61.5 Å². The second-order valence-electron chi connectivity index (χ2n) is 7.14. The van der Waals surface area contributed by atoms with Crippen LogP contribution in [0.2, 0.25) is 0 Å². The Balaban J connectivity index is 1.71. The van der Waals surface area contributed by atoms with E-state index in [-0.39, 0.29) is 5.91 Å². The highest BCUT2D eigenvalue weighted by Crippen LogP contribution is 2.25. The summed E-state index contributed by atoms with van der Waals surface area (Å²) in [7, 11) is 4.37. The molecule has 1 amide bonds. The summed E-state index contributed by atoms with van der Waals surface area (Å²) in [5.41, 5.74) is 0. The Morgan fingerprint density at radius 2 is 1.95 bits per heavy atom. The zero-order valence-electron chi connectivity index (χ0n) is 14.1. The van der Waals surface area contributed by atoms with Crippen molar-refractivity contribution in [2.45, 2.75) is 64.0 Å². The number of likely N-dealkylation sites (tertiary alicyclic amines) is 1. The third-order valence-corrected chi connectivity index (χ3v) is 5.18. The van der Waals surface area contributed by atoms with Gasteiger partial charge in [0.05, 0.1) is 0 Å². The first-order chi connectivity index (χ1) is 10.1. The van der Waals surface area contributed by atoms with Crippen LogP contribution in [0.25, 0.3) is 0 Å². The fourth-order valence-electron chi connectivity index (χ4n) is 3.99. The van der Waals surface area contributed by atoms with Crippen LogP contribution in [0.3, 0.4) is 0 Å². The first kappa shape index (κ1) is 16.8. The largest absolute Gasteiger partial charge is 0.353 e. The lowest BCUT2D eigenvalue weighted by Crippen LogP contribution is -2.37. The van der Waals surface area contributed by atoms with Crippen molar-refractivity contribution >= 4 is 5.91 Å². The average molecular weight is 295 g/mol. The monoisotopic (exact) mass is 295 g/mol. The Labute approximate surface area is 130 Å². The van der Waals surface area contributed by atoms with Gasteiger partial charge in [-0.2, -0.15) is 0 Å². The molecule has 0 bridgehead atoms. The van der Waals surface area contributed by atoms with Gasteiger partial charge < -0.3 is 15.1 Å². The Morgan fingerprint density at radius 1 is 1.24 bits per heavy atom. The van der Waals surface area contributed by atoms with Crippen molar-refractivity contribution in [2.75, 3.05) is 33.7 Å². The molecule has 1 saturated heterocycles. The molecule has 0 aromatic rings. The van der Waals surface area contributed by atoms with E-state index in [4.69, 9.17) is 0 Å². The van der Waals surface area contributed by atoms with Crippen LogP contribution >= 0.6 is 0 Å². The maximum atomic E-state index is 12.0. The smallest absolute Gasteiger partial charge is 0.221 e. The number of carbonyl (C=O) groups excluding carboxylic acids is 1. The SMILES string of the molecule is CCC[C@@H]1CN(CCC(=O)NC2CCCC2)C[C@H]1N(C)C. The molecule has 1 aliphatic heterocycles. The van der Waals surface area contributed by atoms with Gasteiger partial charge in [0.2, 0.25) is 5.91 Å². The molecule has 2 aliphatic rings. The van der Waals surface area contributed by atoms with Gasteiger partial charge >= 0.3 is 0 Å². The lowest BCUT2D eigenvalue weighted by molar-refractivity contribution is -0.122. The van der Waals surface area contributed by atoms with Crippen molar-refractivity contribution in [1.82, 2.24) is 15.1 Å². The standard InChI is InChI=1S/C17H33N3O/c1-4-7-14-12-20(13-16(14)19(2)3)11-10-17(21)18-15-8-5-6-9-15/h14-16H,4-13H2,1-3H3,(H,18,21)/t14-,16-/m1/s1. The van der Waals surface area contributed by atoms with Gasteiger partial charge in [0.15, 0.2) is 0 Å². The molecule has 1 saturated carbocycles. The van der Waals surface area contributed by atoms with Crippen molar-refractivity contribution in [3.8, 4) is 0 Å². The second kappa shape index (κ2) is 8.14. The quantitative estimate of drug-likeness (QED) is 0.781. The predicted octanol–water partition coefficient (Wildman–Crippen LogP) is 2.10. The van der Waals surface area contributed by atoms with Crippen LogP contribution in [0, 0.1) is 5.92 Å². The third kappa shape index (κ3) is 4.96. The van der Waals surface area contributed by atoms with Crippen molar-refractivity contribution in [2.24, 2.45) is 5.92 Å². The summed E-state index contributed by atoms with van der Waals surface area (Å²) in [6.45, 7) is 5.47. The van der Waals surface area contributed by atoms with Crippen molar-refractivity contribution in [3.63, 3.8) is 0 Å². The maximum Gasteiger partial charge on any atom is 0.221 e. The summed E-state index contributed by atoms with van der Waals surface area (Å²) in [6.07, 6.45) is 8.13. The average Bonchev–Trinajstić information content (AvgIpc) is 3.06. The molecule has 1 aliphatic carbocycles. The van der Waals surface area contributed by atoms with E-state index in [0.29, 0.717) is 18.5 Å². The van der Waals surface area contributed by atoms with Gasteiger partial charge in [-0.25, -0.2) is 0 Å². The number of hydrogen-bond acceptors (Lipinski definition) is 3. The zero-order chi connectivity index (χ0) is 15.2. The van der Waals surface area contributed by atoms with E-state index in [9.17, 15) is 4.79 Å². The number of hydrogen-bond donors (Lipinski definition) is 1. The van der Waals surface area contributed by atoms with E-state index in [2.05, 4.69) is 36.1 Å². The van der Waals surface area contributed by atoms with Gasteiger partial charge in [-0.15, -0.1) is 0 Å². The van der Waals surface area contributed by atoms with E-state index in [1.807, 2.05) is 0 Å². The molecule has 0 spiro atoms. The molecular formula is C17H33N3O. The summed E-state index contributed by atoms with van der Waals surface area (Å²) < 4.78 is 0. The molecular weight excluding hydrogens is 262 g/mol. The van der Waals surface area contributed by atoms with Gasteiger partial charge in [-0.1, -0.05) is 26.2 Å². The molecule has 1 heterocycles. The Kier molecular flexibility index (Phi) is 6.49. The van der Waals surface area contributed by atoms with E-state index in [1.165, 1.54) is 38.5 Å². The minimum atomic E-state index is 0.252. The van der Waals surface area contributed by atoms with Crippen LogP contribution in [0.4, 0.5) is 0 Å². The van der Waals surface area contributed by atoms with Crippen LogP contribution < -0.4 is 5.32 Å². The summed E-state index contributed by atoms with van der Waals surface area (Å²) in [5, 5.41) is 3.20. The van der Waals surface area contributed by atoms with Gasteiger partial charge in [0, 0.05) is 38.1 Å². The lowest BCUT2D eigenvalue weighted by Gasteiger charge is -2.24. The topological polar surface area (TPSA) is 35.6 Å². The number of nitrogens with one attached hydrogen (secondary N) is 1. The third-order valence-electron chi connectivity index (χ3n) is 5.18. The minimum Gasteiger partial charge on any atom is -0.353 e. The van der Waals surface area contributed by atoms with Crippen LogP contribution in [-0.2, 0) is 4.79 Å². The van der Waals surface area contributed by atoms with Crippen LogP contribution in [0.1, 0.15) is 51.9 Å². The molecule has 21 heavy (non-hydrogen) atoms. The Bertz CT molecular complexity index is 326. The van der Waals surface area contributed by atoms with Crippen LogP contribution in [0.15, 0.2) is 0 Å². The molecule has 0 unspecified atom stereocenters. The highest BCUT2D eigenvalue weighted by molar-refractivity contribution is 5.76.